The molecule has 0 amide bonds. The summed E-state index contributed by atoms with van der Waals surface area (Å²) in [6.45, 7) is 0. The van der Waals surface area contributed by atoms with Crippen molar-refractivity contribution < 1.29 is 27.9 Å². The smallest absolute Gasteiger partial charge is 0.417 e. The number of Topliss-reactive ketones (excluding diaryl/α,β-unsaturated/α-hetero) is 1. The summed E-state index contributed by atoms with van der Waals surface area (Å²) in [5.74, 6) is -1.61. The van der Waals surface area contributed by atoms with Gasteiger partial charge in [0, 0.05) is 22.7 Å². The molecule has 0 saturated heterocycles. The van der Waals surface area contributed by atoms with E-state index in [1.165, 1.54) is 0 Å². The molecule has 132 valence electrons. The molecule has 0 aliphatic heterocycles. The Hall–Kier alpha value is -1.87. The number of alkyl halides is 3. The van der Waals surface area contributed by atoms with Crippen molar-refractivity contribution in [1.82, 2.24) is 4.98 Å². The molecule has 0 saturated carbocycles. The van der Waals surface area contributed by atoms with E-state index in [1.807, 2.05) is 0 Å². The number of aliphatic carboxylic acids is 1. The van der Waals surface area contributed by atoms with Crippen LogP contribution in [0.4, 0.5) is 13.2 Å². The highest BCUT2D eigenvalue weighted by atomic mass is 79.9. The van der Waals surface area contributed by atoms with E-state index < -0.39 is 23.0 Å². The van der Waals surface area contributed by atoms with Crippen LogP contribution in [0.5, 0.6) is 0 Å². The Morgan fingerprint density at radius 2 is 1.80 bits per heavy atom. The number of thioether (sulfide) groups is 1. The van der Waals surface area contributed by atoms with Gasteiger partial charge in [0.05, 0.1) is 10.6 Å². The number of ketones is 1. The average molecular weight is 434 g/mol. The van der Waals surface area contributed by atoms with Crippen molar-refractivity contribution in [3.63, 3.8) is 0 Å². The minimum absolute atomic E-state index is 0.101. The summed E-state index contributed by atoms with van der Waals surface area (Å²) in [4.78, 5) is 27.2. The SMILES string of the molecule is O=C(C[C@H](Sc1ccc(C(F)(F)F)cn1)C(=O)O)c1ccc(Br)cc1. The summed E-state index contributed by atoms with van der Waals surface area (Å²) in [7, 11) is 0. The fourth-order valence-electron chi connectivity index (χ4n) is 1.86. The third-order valence-corrected chi connectivity index (χ3v) is 4.80. The molecule has 1 atom stereocenters. The number of carboxylic acid groups (broad SMARTS) is 1. The van der Waals surface area contributed by atoms with E-state index >= 15 is 0 Å². The first-order valence-electron chi connectivity index (χ1n) is 6.88. The lowest BCUT2D eigenvalue weighted by Gasteiger charge is -2.12. The van der Waals surface area contributed by atoms with Crippen molar-refractivity contribution in [3.05, 3.63) is 58.2 Å². The molecule has 2 rings (SSSR count). The first-order valence-corrected chi connectivity index (χ1v) is 8.55. The predicted octanol–water partition coefficient (Wildman–Crippen LogP) is 4.68. The van der Waals surface area contributed by atoms with Gasteiger partial charge >= 0.3 is 12.1 Å². The number of benzene rings is 1. The van der Waals surface area contributed by atoms with Crippen molar-refractivity contribution in [3.8, 4) is 0 Å². The second kappa shape index (κ2) is 8.01. The van der Waals surface area contributed by atoms with Crippen molar-refractivity contribution in [2.45, 2.75) is 22.9 Å². The monoisotopic (exact) mass is 433 g/mol. The molecule has 1 aromatic heterocycles. The van der Waals surface area contributed by atoms with E-state index in [1.54, 1.807) is 24.3 Å². The first kappa shape index (κ1) is 19.5. The zero-order valence-electron chi connectivity index (χ0n) is 12.5. The largest absolute Gasteiger partial charge is 0.480 e. The fraction of sp³-hybridized carbons (Fsp3) is 0.188. The Morgan fingerprint density at radius 3 is 2.28 bits per heavy atom. The van der Waals surface area contributed by atoms with Gasteiger partial charge in [-0.25, -0.2) is 4.98 Å². The van der Waals surface area contributed by atoms with Crippen LogP contribution in [0.15, 0.2) is 52.1 Å². The van der Waals surface area contributed by atoms with E-state index in [9.17, 15) is 27.9 Å². The Labute approximate surface area is 153 Å². The maximum absolute atomic E-state index is 12.5. The van der Waals surface area contributed by atoms with Gasteiger partial charge in [-0.3, -0.25) is 9.59 Å². The van der Waals surface area contributed by atoms with Crippen LogP contribution in [0.3, 0.4) is 0 Å². The van der Waals surface area contributed by atoms with E-state index in [4.69, 9.17) is 0 Å². The van der Waals surface area contributed by atoms with Gasteiger partial charge in [0.1, 0.15) is 5.25 Å². The summed E-state index contributed by atoms with van der Waals surface area (Å²) in [6.07, 6.45) is -4.18. The quantitative estimate of drug-likeness (QED) is 0.528. The number of aromatic nitrogens is 1. The van der Waals surface area contributed by atoms with Crippen LogP contribution in [-0.2, 0) is 11.0 Å². The highest BCUT2D eigenvalue weighted by Crippen LogP contribution is 2.31. The number of hydrogen-bond acceptors (Lipinski definition) is 4. The van der Waals surface area contributed by atoms with E-state index in [0.717, 1.165) is 28.4 Å². The highest BCUT2D eigenvalue weighted by molar-refractivity contribution is 9.10. The average Bonchev–Trinajstić information content (AvgIpc) is 2.54. The molecule has 2 aromatic rings. The number of carbonyl (C=O) groups excluding carboxylic acids is 1. The molecule has 0 radical (unpaired) electrons. The third kappa shape index (κ3) is 5.57. The van der Waals surface area contributed by atoms with Gasteiger partial charge in [0.25, 0.3) is 0 Å². The van der Waals surface area contributed by atoms with Gasteiger partial charge in [-0.15, -0.1) is 0 Å². The van der Waals surface area contributed by atoms with Crippen LogP contribution in [-0.4, -0.2) is 27.1 Å². The van der Waals surface area contributed by atoms with Crippen LogP contribution in [0.1, 0.15) is 22.3 Å². The van der Waals surface area contributed by atoms with Gasteiger partial charge in [-0.05, 0) is 24.3 Å². The molecule has 4 nitrogen and oxygen atoms in total. The Bertz CT molecular complexity index is 764. The zero-order chi connectivity index (χ0) is 18.6. The molecule has 0 bridgehead atoms. The summed E-state index contributed by atoms with van der Waals surface area (Å²) >= 11 is 3.97. The normalized spacial score (nSPS) is 12.6. The summed E-state index contributed by atoms with van der Waals surface area (Å²) in [5, 5.41) is 8.22. The zero-order valence-corrected chi connectivity index (χ0v) is 14.9. The molecule has 0 aliphatic rings. The molecule has 0 spiro atoms. The standard InChI is InChI=1S/C16H11BrF3NO3S/c17-11-4-1-9(2-5-11)12(22)7-13(15(23)24)25-14-6-3-10(8-21-14)16(18,19)20/h1-6,8,13H,7H2,(H,23,24)/t13-/m0/s1. The minimum Gasteiger partial charge on any atom is -0.480 e. The number of carbonyl (C=O) groups is 2. The van der Waals surface area contributed by atoms with Crippen molar-refractivity contribution in [2.75, 3.05) is 0 Å². The van der Waals surface area contributed by atoms with Gasteiger partial charge in [0.2, 0.25) is 0 Å². The number of rotatable bonds is 6. The van der Waals surface area contributed by atoms with E-state index in [-0.39, 0.29) is 17.2 Å². The van der Waals surface area contributed by atoms with Crippen LogP contribution < -0.4 is 0 Å². The van der Waals surface area contributed by atoms with Gasteiger partial charge in [-0.1, -0.05) is 39.8 Å². The maximum atomic E-state index is 12.5. The molecule has 25 heavy (non-hydrogen) atoms. The fourth-order valence-corrected chi connectivity index (χ4v) is 3.02. The van der Waals surface area contributed by atoms with Crippen molar-refractivity contribution >= 4 is 39.4 Å². The molecular weight excluding hydrogens is 423 g/mol. The van der Waals surface area contributed by atoms with Crippen LogP contribution >= 0.6 is 27.7 Å². The van der Waals surface area contributed by atoms with Crippen LogP contribution in [0, 0.1) is 0 Å². The molecule has 0 aliphatic carbocycles. The number of halogens is 4. The highest BCUT2D eigenvalue weighted by Gasteiger charge is 2.31. The topological polar surface area (TPSA) is 67.3 Å². The van der Waals surface area contributed by atoms with Crippen LogP contribution in [0.2, 0.25) is 0 Å². The van der Waals surface area contributed by atoms with Gasteiger partial charge < -0.3 is 5.11 Å². The maximum Gasteiger partial charge on any atom is 0.417 e. The number of nitrogens with zero attached hydrogens (tertiary/aromatic N) is 1. The Balaban J connectivity index is 2.09. The minimum atomic E-state index is -4.51. The molecule has 0 fully saturated rings. The number of carboxylic acids is 1. The van der Waals surface area contributed by atoms with Crippen molar-refractivity contribution in [1.29, 1.82) is 0 Å². The number of pyridine rings is 1. The molecular formula is C16H11BrF3NO3S. The van der Waals surface area contributed by atoms with Crippen LogP contribution in [0.25, 0.3) is 0 Å². The lowest BCUT2D eigenvalue weighted by molar-refractivity contribution is -0.138. The molecule has 9 heteroatoms. The Morgan fingerprint density at radius 1 is 1.16 bits per heavy atom. The molecule has 1 heterocycles. The second-order valence-corrected chi connectivity index (χ2v) is 7.10. The predicted molar refractivity (Wildman–Crippen MR) is 89.6 cm³/mol. The second-order valence-electron chi connectivity index (χ2n) is 4.96. The third-order valence-electron chi connectivity index (χ3n) is 3.14. The van der Waals surface area contributed by atoms with Crippen molar-refractivity contribution in [2.24, 2.45) is 0 Å². The first-order chi connectivity index (χ1) is 11.7. The van der Waals surface area contributed by atoms with E-state index in [0.29, 0.717) is 11.8 Å². The molecule has 1 aromatic carbocycles. The van der Waals surface area contributed by atoms with Gasteiger partial charge in [-0.2, -0.15) is 13.2 Å². The van der Waals surface area contributed by atoms with E-state index in [2.05, 4.69) is 20.9 Å². The lowest BCUT2D eigenvalue weighted by atomic mass is 10.1. The summed E-state index contributed by atoms with van der Waals surface area (Å²) in [5.41, 5.74) is -0.565. The summed E-state index contributed by atoms with van der Waals surface area (Å²) < 4.78 is 38.3. The number of hydrogen-bond donors (Lipinski definition) is 1. The van der Waals surface area contributed by atoms with Gasteiger partial charge in [0.15, 0.2) is 5.78 Å². The Kier molecular flexibility index (Phi) is 6.23. The summed E-state index contributed by atoms with van der Waals surface area (Å²) in [6, 6.07) is 8.36. The molecule has 1 N–H and O–H groups in total. The lowest BCUT2D eigenvalue weighted by Crippen LogP contribution is -2.20. The molecule has 0 unspecified atom stereocenters.